The third-order valence-corrected chi connectivity index (χ3v) is 3.20. The van der Waals surface area contributed by atoms with Crippen molar-refractivity contribution in [3.63, 3.8) is 0 Å². The highest BCUT2D eigenvalue weighted by atomic mass is 32.1. The van der Waals surface area contributed by atoms with Gasteiger partial charge in [-0.05, 0) is 38.0 Å². The van der Waals surface area contributed by atoms with E-state index in [1.165, 1.54) is 12.8 Å². The molecule has 0 atom stereocenters. The van der Waals surface area contributed by atoms with Crippen LogP contribution in [-0.2, 0) is 6.54 Å². The Kier molecular flexibility index (Phi) is 2.17. The lowest BCUT2D eigenvalue weighted by Crippen LogP contribution is -2.10. The largest absolute Gasteiger partial charge is 0.299 e. The Morgan fingerprint density at radius 1 is 1.56 bits per heavy atom. The van der Waals surface area contributed by atoms with Crippen LogP contribution in [0.4, 0.5) is 0 Å². The summed E-state index contributed by atoms with van der Waals surface area (Å²) in [5.41, 5.74) is 1.14. The zero-order valence-electron chi connectivity index (χ0n) is 9.05. The molecule has 1 aliphatic rings. The van der Waals surface area contributed by atoms with Crippen molar-refractivity contribution in [3.05, 3.63) is 28.6 Å². The minimum absolute atomic E-state index is 0.553. The first-order valence-electron chi connectivity index (χ1n) is 5.40. The van der Waals surface area contributed by atoms with E-state index in [0.717, 1.165) is 16.3 Å². The predicted molar refractivity (Wildman–Crippen MR) is 61.7 cm³/mol. The summed E-state index contributed by atoms with van der Waals surface area (Å²) in [7, 11) is 0. The molecule has 16 heavy (non-hydrogen) atoms. The molecule has 0 unspecified atom stereocenters. The van der Waals surface area contributed by atoms with Crippen molar-refractivity contribution in [1.29, 1.82) is 0 Å². The monoisotopic (exact) mass is 235 g/mol. The van der Waals surface area contributed by atoms with Crippen molar-refractivity contribution in [2.24, 2.45) is 0 Å². The summed E-state index contributed by atoms with van der Waals surface area (Å²) in [5, 5.41) is 11.4. The number of nitrogens with zero attached hydrogens (tertiary/aromatic N) is 4. The molecule has 5 nitrogen and oxygen atoms in total. The highest BCUT2D eigenvalue weighted by Crippen LogP contribution is 2.35. The van der Waals surface area contributed by atoms with Crippen molar-refractivity contribution < 1.29 is 0 Å². The van der Waals surface area contributed by atoms with Gasteiger partial charge in [0.05, 0.1) is 0 Å². The minimum atomic E-state index is 0.553. The Labute approximate surface area is 98.1 Å². The standard InChI is InChI=1S/C10H13N5S/c1-7-4-5-11-14(7)6-9-12-13-10(16)15(9)8-2-3-8/h4-5,8H,2-3,6H2,1H3,(H,13,16). The topological polar surface area (TPSA) is 51.4 Å². The van der Waals surface area contributed by atoms with Crippen molar-refractivity contribution in [2.75, 3.05) is 0 Å². The van der Waals surface area contributed by atoms with Crippen LogP contribution in [-0.4, -0.2) is 24.5 Å². The number of aromatic amines is 1. The van der Waals surface area contributed by atoms with Gasteiger partial charge in [0.1, 0.15) is 6.54 Å². The Morgan fingerprint density at radius 2 is 2.38 bits per heavy atom. The summed E-state index contributed by atoms with van der Waals surface area (Å²) in [6.07, 6.45) is 4.22. The summed E-state index contributed by atoms with van der Waals surface area (Å²) < 4.78 is 4.78. The second-order valence-corrected chi connectivity index (χ2v) is 4.56. The average molecular weight is 235 g/mol. The molecule has 0 bridgehead atoms. The molecule has 0 spiro atoms. The Bertz CT molecular complexity index is 560. The molecule has 0 saturated heterocycles. The van der Waals surface area contributed by atoms with Gasteiger partial charge in [-0.15, -0.1) is 0 Å². The molecule has 1 saturated carbocycles. The first-order chi connectivity index (χ1) is 7.75. The third-order valence-electron chi connectivity index (χ3n) is 2.91. The molecule has 1 N–H and O–H groups in total. The molecule has 84 valence electrons. The third kappa shape index (κ3) is 1.59. The summed E-state index contributed by atoms with van der Waals surface area (Å²) in [5.74, 6) is 0.972. The van der Waals surface area contributed by atoms with Crippen LogP contribution < -0.4 is 0 Å². The molecule has 1 aliphatic carbocycles. The summed E-state index contributed by atoms with van der Waals surface area (Å²) in [4.78, 5) is 0. The van der Waals surface area contributed by atoms with Crippen molar-refractivity contribution >= 4 is 12.2 Å². The smallest absolute Gasteiger partial charge is 0.195 e. The molecule has 2 aromatic rings. The van der Waals surface area contributed by atoms with Gasteiger partial charge in [-0.25, -0.2) is 0 Å². The number of aromatic nitrogens is 5. The first kappa shape index (κ1) is 9.77. The van der Waals surface area contributed by atoms with Crippen molar-refractivity contribution in [1.82, 2.24) is 24.5 Å². The lowest BCUT2D eigenvalue weighted by Gasteiger charge is -2.06. The number of aryl methyl sites for hydroxylation is 1. The number of rotatable bonds is 3. The fraction of sp³-hybridized carbons (Fsp3) is 0.500. The van der Waals surface area contributed by atoms with Crippen LogP contribution in [0.5, 0.6) is 0 Å². The van der Waals surface area contributed by atoms with E-state index >= 15 is 0 Å². The molecular formula is C10H13N5S. The van der Waals surface area contributed by atoms with Crippen LogP contribution in [0.15, 0.2) is 12.3 Å². The van der Waals surface area contributed by atoms with Crippen LogP contribution in [0.1, 0.15) is 30.4 Å². The normalized spacial score (nSPS) is 15.6. The van der Waals surface area contributed by atoms with E-state index in [0.29, 0.717) is 12.6 Å². The molecule has 3 rings (SSSR count). The zero-order chi connectivity index (χ0) is 11.1. The predicted octanol–water partition coefficient (Wildman–Crippen LogP) is 1.83. The fourth-order valence-electron chi connectivity index (χ4n) is 1.86. The lowest BCUT2D eigenvalue weighted by atomic mass is 10.4. The first-order valence-corrected chi connectivity index (χ1v) is 5.81. The molecular weight excluding hydrogens is 222 g/mol. The second-order valence-electron chi connectivity index (χ2n) is 4.18. The highest BCUT2D eigenvalue weighted by Gasteiger charge is 2.27. The van der Waals surface area contributed by atoms with Gasteiger partial charge in [-0.3, -0.25) is 14.3 Å². The lowest BCUT2D eigenvalue weighted by molar-refractivity contribution is 0.586. The van der Waals surface area contributed by atoms with E-state index in [9.17, 15) is 0 Å². The van der Waals surface area contributed by atoms with Crippen LogP contribution in [0, 0.1) is 11.7 Å². The van der Waals surface area contributed by atoms with E-state index in [4.69, 9.17) is 12.2 Å². The van der Waals surface area contributed by atoms with E-state index in [2.05, 4.69) is 19.9 Å². The van der Waals surface area contributed by atoms with Crippen molar-refractivity contribution in [2.45, 2.75) is 32.4 Å². The maximum absolute atomic E-state index is 5.23. The summed E-state index contributed by atoms with van der Waals surface area (Å²) >= 11 is 5.23. The van der Waals surface area contributed by atoms with Gasteiger partial charge in [-0.2, -0.15) is 10.2 Å². The van der Waals surface area contributed by atoms with Gasteiger partial charge in [0.15, 0.2) is 10.6 Å². The molecule has 1 fully saturated rings. The fourth-order valence-corrected chi connectivity index (χ4v) is 2.16. The molecule has 0 amide bonds. The Hall–Kier alpha value is -1.43. The van der Waals surface area contributed by atoms with Gasteiger partial charge < -0.3 is 0 Å². The highest BCUT2D eigenvalue weighted by molar-refractivity contribution is 7.71. The second kappa shape index (κ2) is 3.55. The average Bonchev–Trinajstić information content (AvgIpc) is 2.92. The number of nitrogens with one attached hydrogen (secondary N) is 1. The van der Waals surface area contributed by atoms with Crippen molar-refractivity contribution in [3.8, 4) is 0 Å². The van der Waals surface area contributed by atoms with Crippen LogP contribution in [0.2, 0.25) is 0 Å². The quantitative estimate of drug-likeness (QED) is 0.826. The molecule has 0 aliphatic heterocycles. The molecule has 2 heterocycles. The van der Waals surface area contributed by atoms with Gasteiger partial charge in [0.2, 0.25) is 0 Å². The number of hydrogen-bond acceptors (Lipinski definition) is 3. The van der Waals surface area contributed by atoms with E-state index < -0.39 is 0 Å². The summed E-state index contributed by atoms with van der Waals surface area (Å²) in [6.45, 7) is 2.72. The van der Waals surface area contributed by atoms with Gasteiger partial charge in [-0.1, -0.05) is 0 Å². The number of hydrogen-bond donors (Lipinski definition) is 1. The SMILES string of the molecule is Cc1ccnn1Cc1n[nH]c(=S)n1C1CC1. The minimum Gasteiger partial charge on any atom is -0.299 e. The van der Waals surface area contributed by atoms with Crippen LogP contribution in [0.25, 0.3) is 0 Å². The van der Waals surface area contributed by atoms with Gasteiger partial charge in [0.25, 0.3) is 0 Å². The van der Waals surface area contributed by atoms with Gasteiger partial charge >= 0.3 is 0 Å². The Balaban J connectivity index is 1.95. The molecule has 6 heteroatoms. The molecule has 0 radical (unpaired) electrons. The van der Waals surface area contributed by atoms with Gasteiger partial charge in [0, 0.05) is 17.9 Å². The maximum atomic E-state index is 5.23. The summed E-state index contributed by atoms with van der Waals surface area (Å²) in [6, 6.07) is 2.54. The van der Waals surface area contributed by atoms with Crippen LogP contribution in [0.3, 0.4) is 0 Å². The zero-order valence-corrected chi connectivity index (χ0v) is 9.87. The van der Waals surface area contributed by atoms with Crippen LogP contribution >= 0.6 is 12.2 Å². The molecule has 2 aromatic heterocycles. The molecule has 0 aromatic carbocycles. The number of H-pyrrole nitrogens is 1. The van der Waals surface area contributed by atoms with E-state index in [1.54, 1.807) is 6.20 Å². The van der Waals surface area contributed by atoms with E-state index in [-0.39, 0.29) is 0 Å². The van der Waals surface area contributed by atoms with E-state index in [1.807, 2.05) is 17.7 Å². The maximum Gasteiger partial charge on any atom is 0.195 e. The Morgan fingerprint density at radius 3 is 3.00 bits per heavy atom.